The quantitative estimate of drug-likeness (QED) is 0.908. The highest BCUT2D eigenvalue weighted by Gasteiger charge is 2.37. The second-order valence-corrected chi connectivity index (χ2v) is 7.50. The molecule has 1 saturated heterocycles. The van der Waals surface area contributed by atoms with Crippen molar-refractivity contribution in [1.82, 2.24) is 14.5 Å². The lowest BCUT2D eigenvalue weighted by atomic mass is 9.75. The Morgan fingerprint density at radius 1 is 1.27 bits per heavy atom. The average Bonchev–Trinajstić information content (AvgIpc) is 3.01. The molecule has 140 valence electrons. The molecule has 1 N–H and O–H groups in total. The molecule has 0 radical (unpaired) electrons. The van der Waals surface area contributed by atoms with Gasteiger partial charge in [0.25, 0.3) is 0 Å². The van der Waals surface area contributed by atoms with E-state index in [1.165, 1.54) is 35.9 Å². The maximum absolute atomic E-state index is 12.6. The third-order valence-electron chi connectivity index (χ3n) is 6.34. The number of likely N-dealkylation sites (tertiary alicyclic amines) is 1. The van der Waals surface area contributed by atoms with E-state index >= 15 is 0 Å². The topological polar surface area (TPSA) is 40.5 Å². The number of benzene rings is 1. The Hall–Kier alpha value is -2.01. The van der Waals surface area contributed by atoms with Gasteiger partial charge in [-0.1, -0.05) is 19.1 Å². The largest absolute Gasteiger partial charge is 0.336 e. The number of piperidine rings is 1. The van der Waals surface area contributed by atoms with Crippen molar-refractivity contribution in [2.75, 3.05) is 31.6 Å². The second kappa shape index (κ2) is 6.95. The molecule has 0 bridgehead atoms. The van der Waals surface area contributed by atoms with Crippen LogP contribution in [0.2, 0.25) is 0 Å². The van der Waals surface area contributed by atoms with E-state index in [2.05, 4.69) is 41.6 Å². The Morgan fingerprint density at radius 3 is 2.81 bits per heavy atom. The minimum atomic E-state index is -0.0318. The van der Waals surface area contributed by atoms with Crippen LogP contribution in [0.4, 0.5) is 4.79 Å². The number of fused-ring (bicyclic) bond motifs is 2. The summed E-state index contributed by atoms with van der Waals surface area (Å²) >= 11 is 0. The summed E-state index contributed by atoms with van der Waals surface area (Å²) in [7, 11) is 0. The highest BCUT2D eigenvalue weighted by molar-refractivity contribution is 5.92. The molecule has 0 spiro atoms. The summed E-state index contributed by atoms with van der Waals surface area (Å²) in [5, 5.41) is 1.37. The fraction of sp³-hybridized carbons (Fsp3) is 0.571. The number of hydrogen-bond acceptors (Lipinski definition) is 2. The molecule has 2 amide bonds. The number of urea groups is 1. The van der Waals surface area contributed by atoms with Gasteiger partial charge in [-0.05, 0) is 63.4 Å². The van der Waals surface area contributed by atoms with Crippen molar-refractivity contribution < 1.29 is 4.79 Å². The molecule has 0 unspecified atom stereocenters. The molecule has 2 aliphatic rings. The molecule has 1 aliphatic carbocycles. The van der Waals surface area contributed by atoms with Crippen LogP contribution in [0.1, 0.15) is 50.7 Å². The SMILES string of the molecule is CCN(CC)C(=O)Nn1cc2c3c(cccc31)[C@H]1CCCN(CC)[C@@H]1C2. The number of carbonyl (C=O) groups is 1. The van der Waals surface area contributed by atoms with Gasteiger partial charge in [-0.3, -0.25) is 9.58 Å². The molecule has 4 rings (SSSR count). The fourth-order valence-corrected chi connectivity index (χ4v) is 5.02. The highest BCUT2D eigenvalue weighted by Crippen LogP contribution is 2.43. The van der Waals surface area contributed by atoms with E-state index in [1.54, 1.807) is 0 Å². The highest BCUT2D eigenvalue weighted by atomic mass is 16.2. The zero-order valence-corrected chi connectivity index (χ0v) is 16.2. The Morgan fingerprint density at radius 2 is 2.08 bits per heavy atom. The van der Waals surface area contributed by atoms with Crippen molar-refractivity contribution in [2.24, 2.45) is 0 Å². The first-order valence-electron chi connectivity index (χ1n) is 10.1. The van der Waals surface area contributed by atoms with Crippen LogP contribution in [0.3, 0.4) is 0 Å². The van der Waals surface area contributed by atoms with E-state index in [9.17, 15) is 4.79 Å². The van der Waals surface area contributed by atoms with Gasteiger partial charge in [0.15, 0.2) is 0 Å². The second-order valence-electron chi connectivity index (χ2n) is 7.50. The Bertz CT molecular complexity index is 808. The molecule has 2 heterocycles. The first kappa shape index (κ1) is 17.4. The van der Waals surface area contributed by atoms with Crippen LogP contribution < -0.4 is 5.43 Å². The van der Waals surface area contributed by atoms with Gasteiger partial charge < -0.3 is 4.90 Å². The lowest BCUT2D eigenvalue weighted by molar-refractivity contribution is 0.131. The summed E-state index contributed by atoms with van der Waals surface area (Å²) in [6.07, 6.45) is 5.78. The van der Waals surface area contributed by atoms with Crippen LogP contribution in [0.25, 0.3) is 10.9 Å². The number of aromatic nitrogens is 1. The summed E-state index contributed by atoms with van der Waals surface area (Å²) in [5.74, 6) is 0.620. The molecular formula is C21H30N4O. The predicted octanol–water partition coefficient (Wildman–Crippen LogP) is 3.77. The minimum absolute atomic E-state index is 0.0318. The third kappa shape index (κ3) is 2.69. The normalized spacial score (nSPS) is 22.3. The van der Waals surface area contributed by atoms with Gasteiger partial charge >= 0.3 is 6.03 Å². The summed E-state index contributed by atoms with van der Waals surface area (Å²) < 4.78 is 1.95. The van der Waals surface area contributed by atoms with Crippen LogP contribution in [0.5, 0.6) is 0 Å². The summed E-state index contributed by atoms with van der Waals surface area (Å²) in [4.78, 5) is 17.0. The van der Waals surface area contributed by atoms with Crippen molar-refractivity contribution in [3.63, 3.8) is 0 Å². The molecule has 5 heteroatoms. The van der Waals surface area contributed by atoms with Crippen LogP contribution in [-0.2, 0) is 6.42 Å². The number of nitrogens with zero attached hydrogens (tertiary/aromatic N) is 3. The van der Waals surface area contributed by atoms with E-state index in [-0.39, 0.29) is 6.03 Å². The number of amides is 2. The van der Waals surface area contributed by atoms with Crippen LogP contribution in [0, 0.1) is 0 Å². The molecule has 1 fully saturated rings. The van der Waals surface area contributed by atoms with Gasteiger partial charge in [0.2, 0.25) is 0 Å². The van der Waals surface area contributed by atoms with Crippen molar-refractivity contribution in [2.45, 2.75) is 52.0 Å². The van der Waals surface area contributed by atoms with Crippen molar-refractivity contribution in [1.29, 1.82) is 0 Å². The van der Waals surface area contributed by atoms with Crippen molar-refractivity contribution in [3.8, 4) is 0 Å². The average molecular weight is 354 g/mol. The number of carbonyl (C=O) groups excluding carboxylic acids is 1. The smallest absolute Gasteiger partial charge is 0.324 e. The van der Waals surface area contributed by atoms with Gasteiger partial charge in [-0.25, -0.2) is 10.2 Å². The first-order valence-corrected chi connectivity index (χ1v) is 10.1. The standard InChI is InChI=1S/C21H30N4O/c1-4-23(5-2)21(26)22-25-14-15-13-19-16(10-8-12-24(19)6-3)17-9-7-11-18(25)20(15)17/h7,9,11,14,16,19H,4-6,8,10,12-13H2,1-3H3,(H,22,26)/t16-,19-/m1/s1. The third-order valence-corrected chi connectivity index (χ3v) is 6.34. The Labute approximate surface area is 155 Å². The van der Waals surface area contributed by atoms with Gasteiger partial charge in [0, 0.05) is 36.6 Å². The number of nitrogens with one attached hydrogen (secondary N) is 1. The maximum atomic E-state index is 12.6. The molecule has 1 aliphatic heterocycles. The molecule has 26 heavy (non-hydrogen) atoms. The number of hydrogen-bond donors (Lipinski definition) is 1. The summed E-state index contributed by atoms with van der Waals surface area (Å²) in [5.41, 5.74) is 7.07. The molecule has 2 atom stereocenters. The lowest BCUT2D eigenvalue weighted by Crippen LogP contribution is -2.46. The van der Waals surface area contributed by atoms with Crippen LogP contribution in [-0.4, -0.2) is 52.7 Å². The van der Waals surface area contributed by atoms with Gasteiger partial charge in [-0.15, -0.1) is 0 Å². The molecule has 1 aromatic heterocycles. The number of likely N-dealkylation sites (N-methyl/N-ethyl adjacent to an activating group) is 1. The van der Waals surface area contributed by atoms with E-state index in [0.29, 0.717) is 12.0 Å². The van der Waals surface area contributed by atoms with Gasteiger partial charge in [0.05, 0.1) is 5.52 Å². The molecule has 2 aromatic rings. The maximum Gasteiger partial charge on any atom is 0.336 e. The molecule has 1 aromatic carbocycles. The monoisotopic (exact) mass is 354 g/mol. The fourth-order valence-electron chi connectivity index (χ4n) is 5.02. The van der Waals surface area contributed by atoms with E-state index in [4.69, 9.17) is 0 Å². The van der Waals surface area contributed by atoms with Crippen molar-refractivity contribution in [3.05, 3.63) is 35.5 Å². The van der Waals surface area contributed by atoms with Gasteiger partial charge in [-0.2, -0.15) is 0 Å². The summed E-state index contributed by atoms with van der Waals surface area (Å²) in [6, 6.07) is 7.15. The Balaban J connectivity index is 1.73. The zero-order valence-electron chi connectivity index (χ0n) is 16.2. The lowest BCUT2D eigenvalue weighted by Gasteiger charge is -2.43. The molecular weight excluding hydrogens is 324 g/mol. The first-order chi connectivity index (χ1) is 12.7. The number of rotatable bonds is 4. The van der Waals surface area contributed by atoms with Crippen LogP contribution >= 0.6 is 0 Å². The van der Waals surface area contributed by atoms with Crippen molar-refractivity contribution >= 4 is 16.9 Å². The molecule has 0 saturated carbocycles. The predicted molar refractivity (Wildman–Crippen MR) is 106 cm³/mol. The van der Waals surface area contributed by atoms with Gasteiger partial charge in [0.1, 0.15) is 0 Å². The van der Waals surface area contributed by atoms with E-state index in [0.717, 1.165) is 31.6 Å². The summed E-state index contributed by atoms with van der Waals surface area (Å²) in [6.45, 7) is 10.1. The molecule has 5 nitrogen and oxygen atoms in total. The minimum Gasteiger partial charge on any atom is -0.324 e. The Kier molecular flexibility index (Phi) is 4.65. The zero-order chi connectivity index (χ0) is 18.3. The van der Waals surface area contributed by atoms with Crippen LogP contribution in [0.15, 0.2) is 24.4 Å². The van der Waals surface area contributed by atoms with E-state index in [1.807, 2.05) is 23.4 Å². The van der Waals surface area contributed by atoms with E-state index < -0.39 is 0 Å².